The maximum Gasteiger partial charge on any atom is 1.00 e. The Kier molecular flexibility index (Phi) is 21.0. The number of ether oxygens (including phenoxy) is 5. The number of aliphatic hydroxyl groups excluding tert-OH is 1. The van der Waals surface area contributed by atoms with Gasteiger partial charge in [-0.2, -0.15) is 39.9 Å². The molecule has 8 N–H and O–H groups in total. The average Bonchev–Trinajstić information content (AvgIpc) is 4.24. The Hall–Kier alpha value is -7.15. The van der Waals surface area contributed by atoms with Crippen molar-refractivity contribution in [1.29, 1.82) is 0 Å². The molecule has 23 heteroatoms. The molecule has 0 fully saturated rings. The molecule has 6 aromatic heterocycles. The molecule has 78 heavy (non-hydrogen) atoms. The van der Waals surface area contributed by atoms with Gasteiger partial charge in [-0.3, -0.25) is 13.7 Å². The second kappa shape index (κ2) is 27.9. The number of methoxy groups -OCH3 is 2. The van der Waals surface area contributed by atoms with Crippen molar-refractivity contribution in [1.82, 2.24) is 58.6 Å². The van der Waals surface area contributed by atoms with Gasteiger partial charge in [-0.1, -0.05) is 92.4 Å². The van der Waals surface area contributed by atoms with Crippen LogP contribution in [0.3, 0.4) is 0 Å². The van der Waals surface area contributed by atoms with Crippen molar-refractivity contribution in [3.63, 3.8) is 0 Å². The van der Waals surface area contributed by atoms with Gasteiger partial charge in [-0.15, -0.1) is 0 Å². The number of nitrogen functional groups attached to an aromatic ring is 3. The van der Waals surface area contributed by atoms with Gasteiger partial charge in [0.05, 0.1) is 53.7 Å². The van der Waals surface area contributed by atoms with Crippen molar-refractivity contribution >= 4 is 50.9 Å². The molecule has 0 unspecified atom stereocenters. The molecule has 9 aromatic rings. The zero-order chi connectivity index (χ0) is 53.0. The first kappa shape index (κ1) is 58.5. The number of nitrogens with one attached hydrogen (secondary N) is 1. The number of H-pyrrole nitrogens is 1. The number of nitrogens with two attached hydrogens (primary N) is 3. The summed E-state index contributed by atoms with van der Waals surface area (Å²) in [4.78, 5) is 49.9. The quantitative estimate of drug-likeness (QED) is 0.120. The summed E-state index contributed by atoms with van der Waals surface area (Å²) in [6, 6.07) is 27.1. The third-order valence-electron chi connectivity index (χ3n) is 12.8. The molecule has 12 bridgehead atoms. The number of aromatic nitrogens is 12. The average molecular weight is 1090 g/mol. The number of allylic oxidation sites excluding steroid dienone is 1. The molecular formula is C55H68KN15O7. The number of aliphatic hydroxyl groups is 1. The molecule has 0 aliphatic carbocycles. The van der Waals surface area contributed by atoms with Crippen LogP contribution >= 0.6 is 0 Å². The second-order valence-electron chi connectivity index (χ2n) is 18.2. The van der Waals surface area contributed by atoms with E-state index in [4.69, 9.17) is 46.0 Å². The van der Waals surface area contributed by atoms with Crippen LogP contribution in [-0.4, -0.2) is 105 Å². The summed E-state index contributed by atoms with van der Waals surface area (Å²) in [7, 11) is 4.17. The molecule has 3 aliphatic heterocycles. The van der Waals surface area contributed by atoms with E-state index in [0.717, 1.165) is 82.4 Å². The van der Waals surface area contributed by atoms with Crippen LogP contribution in [0.1, 0.15) is 87.2 Å². The van der Waals surface area contributed by atoms with Crippen LogP contribution in [0.2, 0.25) is 0 Å². The van der Waals surface area contributed by atoms with Crippen LogP contribution in [0.5, 0.6) is 30.1 Å². The van der Waals surface area contributed by atoms with Gasteiger partial charge in [0.15, 0.2) is 45.4 Å². The maximum absolute atomic E-state index is 12.3. The molecular weight excluding hydrogens is 1020 g/mol. The molecule has 3 aliphatic rings. The zero-order valence-corrected chi connectivity index (χ0v) is 47.1. The van der Waals surface area contributed by atoms with E-state index in [0.29, 0.717) is 96.8 Å². The van der Waals surface area contributed by atoms with Crippen molar-refractivity contribution in [3.8, 4) is 30.1 Å². The van der Waals surface area contributed by atoms with Gasteiger partial charge in [0.25, 0.3) is 12.0 Å². The summed E-state index contributed by atoms with van der Waals surface area (Å²) >= 11 is 0. The Morgan fingerprint density at radius 3 is 1.49 bits per heavy atom. The third kappa shape index (κ3) is 14.1. The number of benzene rings is 3. The largest absolute Gasteiger partial charge is 1.00 e. The molecule has 0 spiro atoms. The number of fused-ring (bicyclic) bond motifs is 9. The minimum absolute atomic E-state index is 0. The number of anilines is 3. The van der Waals surface area contributed by atoms with Crippen LogP contribution in [0, 0.1) is 0 Å². The fourth-order valence-electron chi connectivity index (χ4n) is 9.20. The summed E-state index contributed by atoms with van der Waals surface area (Å²) in [6.45, 7) is 3.22. The first-order valence-electron chi connectivity index (χ1n) is 25.3. The van der Waals surface area contributed by atoms with Crippen LogP contribution in [0.25, 0.3) is 33.5 Å². The van der Waals surface area contributed by atoms with Crippen molar-refractivity contribution in [2.45, 2.75) is 91.3 Å². The molecule has 9 heterocycles. The van der Waals surface area contributed by atoms with Gasteiger partial charge in [-0.25, -0.2) is 4.79 Å². The van der Waals surface area contributed by atoms with E-state index in [1.807, 2.05) is 21.3 Å². The van der Waals surface area contributed by atoms with Gasteiger partial charge in [0.2, 0.25) is 0 Å². The Morgan fingerprint density at radius 1 is 0.538 bits per heavy atom. The Labute approximate surface area is 495 Å². The monoisotopic (exact) mass is 1090 g/mol. The number of hydrogen-bond donors (Lipinski definition) is 5. The van der Waals surface area contributed by atoms with Gasteiger partial charge < -0.3 is 52.4 Å². The number of rotatable bonds is 2. The Balaban J connectivity index is 0.000000185. The van der Waals surface area contributed by atoms with Crippen molar-refractivity contribution in [2.75, 3.05) is 58.4 Å². The van der Waals surface area contributed by atoms with E-state index >= 15 is 0 Å². The van der Waals surface area contributed by atoms with Gasteiger partial charge in [0, 0.05) is 7.11 Å². The summed E-state index contributed by atoms with van der Waals surface area (Å²) in [6.07, 6.45) is 14.3. The van der Waals surface area contributed by atoms with Crippen LogP contribution < -0.4 is 98.0 Å². The van der Waals surface area contributed by atoms with Gasteiger partial charge in [-0.05, 0) is 97.6 Å². The second-order valence-corrected chi connectivity index (χ2v) is 18.2. The molecule has 22 nitrogen and oxygen atoms in total. The normalized spacial score (nSPS) is 14.5. The Morgan fingerprint density at radius 2 is 0.974 bits per heavy atom. The number of nitrogens with zero attached hydrogens (tertiary/aromatic N) is 11. The smallest absolute Gasteiger partial charge is 1.00 e. The molecule has 3 aromatic carbocycles. The topological polar surface area (TPSA) is 295 Å². The number of aromatic amines is 1. The predicted octanol–water partition coefficient (Wildman–Crippen LogP) is 4.13. The molecule has 12 rings (SSSR count). The SMILES string of the molecule is C.CO.COc1nc2c(N)nc3nc2n1Cc1cccc(c1)C/C=C\CCO3.COc1nc2c(N)nc3nc2n1Cc1cccc(c1)CCCCCO3.Nc1nc2nc3c1[nH]c(=O)n3Cc1cccc(c1)CCCCCO2.[H-].[K+]. The fraction of sp³-hybridized carbons (Fsp3) is 0.364. The summed E-state index contributed by atoms with van der Waals surface area (Å²) in [5, 5.41) is 7.00. The summed E-state index contributed by atoms with van der Waals surface area (Å²) in [5.41, 5.74) is 28.3. The van der Waals surface area contributed by atoms with Crippen molar-refractivity contribution in [3.05, 3.63) is 129 Å². The third-order valence-corrected chi connectivity index (χ3v) is 12.8. The fourth-order valence-corrected chi connectivity index (χ4v) is 9.20. The zero-order valence-electron chi connectivity index (χ0n) is 44.9. The molecule has 406 valence electrons. The van der Waals surface area contributed by atoms with Crippen LogP contribution in [0.4, 0.5) is 17.5 Å². The van der Waals surface area contributed by atoms with Crippen molar-refractivity contribution < 1.29 is 81.6 Å². The maximum atomic E-state index is 12.3. The molecule has 0 radical (unpaired) electrons. The number of aryl methyl sites for hydroxylation is 2. The molecule has 0 saturated carbocycles. The van der Waals surface area contributed by atoms with Crippen LogP contribution in [-0.2, 0) is 38.9 Å². The molecule has 0 atom stereocenters. The van der Waals surface area contributed by atoms with E-state index in [1.54, 1.807) is 18.8 Å². The van der Waals surface area contributed by atoms with E-state index in [9.17, 15) is 4.79 Å². The van der Waals surface area contributed by atoms with Crippen LogP contribution in [0.15, 0.2) is 89.7 Å². The number of hydrogen-bond acceptors (Lipinski definition) is 18. The predicted molar refractivity (Wildman–Crippen MR) is 297 cm³/mol. The standard InChI is InChI=1S/C18H21N5O2.C18H19N5O2.C17H19N5O2.CH4O.CH4.K.H/c2*1-24-18-20-14-15(19)21-17-22-16(14)23(18)11-13-8-5-7-12(10-13)6-3-2-4-9-25-17;18-14-13-15-21-16(20-14)24-8-3-1-2-5-11-6-4-7-12(9-11)10-22(15)17(23)19-13;1-2;;;/h5,7-8,10H,2-4,6,9,11H2,1H3,(H2,19,21,22);2-3,5,7-8,10H,4,6,9,11H2,1H3,(H2,19,21,22);4,6-7,9H,1-3,5,8,10H2,(H,19,23)(H2,18,20,21);2H,1H3;1H4;;/q;;;;;+1;-1/b;3-2-;;;;;. The van der Waals surface area contributed by atoms with E-state index in [-0.39, 0.29) is 89.6 Å². The first-order chi connectivity index (χ1) is 37.2. The molecule has 0 saturated heterocycles. The minimum atomic E-state index is -0.249. The van der Waals surface area contributed by atoms with Gasteiger partial charge in [0.1, 0.15) is 5.52 Å². The summed E-state index contributed by atoms with van der Waals surface area (Å²) in [5.74, 6) is 0.818. The minimum Gasteiger partial charge on any atom is -1.00 e. The van der Waals surface area contributed by atoms with E-state index in [1.165, 1.54) is 22.3 Å². The van der Waals surface area contributed by atoms with E-state index < -0.39 is 0 Å². The first-order valence-corrected chi connectivity index (χ1v) is 25.3. The molecule has 0 amide bonds. The summed E-state index contributed by atoms with van der Waals surface area (Å²) < 4.78 is 33.2. The van der Waals surface area contributed by atoms with Gasteiger partial charge >= 0.3 is 75.1 Å². The van der Waals surface area contributed by atoms with E-state index in [2.05, 4.69) is 118 Å². The Bertz CT molecular complexity index is 3550. The van der Waals surface area contributed by atoms with Crippen molar-refractivity contribution in [2.24, 2.45) is 0 Å². The number of imidazole rings is 3.